The van der Waals surface area contributed by atoms with Crippen LogP contribution in [-0.4, -0.2) is 32.5 Å². The maximum atomic E-state index is 12.7. The van der Waals surface area contributed by atoms with E-state index < -0.39 is 11.2 Å². The highest BCUT2D eigenvalue weighted by molar-refractivity contribution is 9.10. The number of ether oxygens (including phenoxy) is 2. The second-order valence-electron chi connectivity index (χ2n) is 13.7. The molecule has 0 saturated heterocycles. The highest BCUT2D eigenvalue weighted by atomic mass is 79.9. The number of nitrogens with zero attached hydrogens (tertiary/aromatic N) is 2. The zero-order valence-electron chi connectivity index (χ0n) is 26.7. The average Bonchev–Trinajstić information content (AvgIpc) is 3.38. The van der Waals surface area contributed by atoms with Crippen molar-refractivity contribution in [3.05, 3.63) is 80.4 Å². The summed E-state index contributed by atoms with van der Waals surface area (Å²) in [6, 6.07) is 18.1. The fourth-order valence-electron chi connectivity index (χ4n) is 5.83. The van der Waals surface area contributed by atoms with Gasteiger partial charge in [0.05, 0.1) is 16.6 Å². The third-order valence-electron chi connectivity index (χ3n) is 7.60. The molecule has 3 aromatic carbocycles. The molecular weight excluding hydrogens is 684 g/mol. The first-order valence-corrected chi connectivity index (χ1v) is 16.6. The molecule has 0 radical (unpaired) electrons. The number of aryl methyl sites for hydroxylation is 1. The molecule has 0 aliphatic heterocycles. The third kappa shape index (κ3) is 6.76. The van der Waals surface area contributed by atoms with Crippen LogP contribution in [0, 0.1) is 12.8 Å². The molecule has 0 fully saturated rings. The SMILES string of the molecule is CC1CCc2c(c3cc(Br)ccc3n2C(=O)OC(C)(C)C)C1.Cc1ccc2c(c1)c1cc(Br)ccc1n2C(=O)OC(C)(C)C. The largest absolute Gasteiger partial charge is 0.443 e. The van der Waals surface area contributed by atoms with Gasteiger partial charge in [-0.25, -0.2) is 18.7 Å². The summed E-state index contributed by atoms with van der Waals surface area (Å²) in [6.45, 7) is 15.7. The lowest BCUT2D eigenvalue weighted by Gasteiger charge is -2.23. The van der Waals surface area contributed by atoms with Crippen molar-refractivity contribution < 1.29 is 19.1 Å². The van der Waals surface area contributed by atoms with Gasteiger partial charge in [0, 0.05) is 30.8 Å². The van der Waals surface area contributed by atoms with Crippen LogP contribution in [0.15, 0.2) is 63.5 Å². The molecule has 0 spiro atoms. The summed E-state index contributed by atoms with van der Waals surface area (Å²) in [7, 11) is 0. The van der Waals surface area contributed by atoms with E-state index in [4.69, 9.17) is 9.47 Å². The van der Waals surface area contributed by atoms with E-state index in [1.165, 1.54) is 10.9 Å². The molecule has 0 amide bonds. The maximum Gasteiger partial charge on any atom is 0.419 e. The van der Waals surface area contributed by atoms with E-state index in [1.54, 1.807) is 9.13 Å². The molecule has 6 nitrogen and oxygen atoms in total. The van der Waals surface area contributed by atoms with Crippen LogP contribution in [-0.2, 0) is 22.3 Å². The van der Waals surface area contributed by atoms with Crippen LogP contribution in [0.25, 0.3) is 32.7 Å². The summed E-state index contributed by atoms with van der Waals surface area (Å²) in [5.41, 5.74) is 5.26. The Bertz CT molecular complexity index is 1840. The Morgan fingerprint density at radius 1 is 0.727 bits per heavy atom. The quantitative estimate of drug-likeness (QED) is 0.160. The molecule has 44 heavy (non-hydrogen) atoms. The molecular formula is C36H40Br2N2O4. The molecule has 2 aromatic heterocycles. The monoisotopic (exact) mass is 722 g/mol. The Hall–Kier alpha value is -3.10. The minimum Gasteiger partial charge on any atom is -0.443 e. The summed E-state index contributed by atoms with van der Waals surface area (Å²) in [4.78, 5) is 25.4. The van der Waals surface area contributed by atoms with Gasteiger partial charge in [0.15, 0.2) is 0 Å². The molecule has 2 heterocycles. The molecule has 6 rings (SSSR count). The lowest BCUT2D eigenvalue weighted by atomic mass is 9.88. The summed E-state index contributed by atoms with van der Waals surface area (Å²) in [6.07, 6.45) is 2.46. The standard InChI is InChI=1S/C18H22BrNO2.C18H18BrNO2/c2*1-11-5-7-15-13(9-11)14-10-12(19)6-8-16(14)20(15)17(21)22-18(2,3)4/h6,8,10-11H,5,7,9H2,1-4H3;5-10H,1-4H3. The zero-order valence-corrected chi connectivity index (χ0v) is 29.9. The Balaban J connectivity index is 0.000000175. The van der Waals surface area contributed by atoms with Crippen molar-refractivity contribution in [2.45, 2.75) is 85.9 Å². The number of carbonyl (C=O) groups excluding carboxylic acids is 2. The van der Waals surface area contributed by atoms with E-state index in [0.717, 1.165) is 66.8 Å². The van der Waals surface area contributed by atoms with Crippen molar-refractivity contribution in [3.8, 4) is 0 Å². The van der Waals surface area contributed by atoms with Gasteiger partial charge in [-0.1, -0.05) is 50.4 Å². The van der Waals surface area contributed by atoms with E-state index in [1.807, 2.05) is 90.9 Å². The molecule has 0 saturated carbocycles. The van der Waals surface area contributed by atoms with Gasteiger partial charge in [0.1, 0.15) is 11.2 Å². The molecule has 1 atom stereocenters. The van der Waals surface area contributed by atoms with E-state index >= 15 is 0 Å². The van der Waals surface area contributed by atoms with Crippen molar-refractivity contribution >= 4 is 76.8 Å². The van der Waals surface area contributed by atoms with Gasteiger partial charge in [0.2, 0.25) is 0 Å². The Labute approximate surface area is 275 Å². The summed E-state index contributed by atoms with van der Waals surface area (Å²) < 4.78 is 16.7. The highest BCUT2D eigenvalue weighted by Crippen LogP contribution is 2.36. The first-order chi connectivity index (χ1) is 20.5. The van der Waals surface area contributed by atoms with Crippen molar-refractivity contribution in [1.82, 2.24) is 9.13 Å². The van der Waals surface area contributed by atoms with Crippen LogP contribution >= 0.6 is 31.9 Å². The number of carbonyl (C=O) groups is 2. The van der Waals surface area contributed by atoms with Crippen molar-refractivity contribution in [2.75, 3.05) is 0 Å². The van der Waals surface area contributed by atoms with E-state index in [2.05, 4.69) is 50.9 Å². The summed E-state index contributed by atoms with van der Waals surface area (Å²) in [5, 5.41) is 3.27. The minimum atomic E-state index is -0.528. The summed E-state index contributed by atoms with van der Waals surface area (Å²) >= 11 is 7.05. The Morgan fingerprint density at radius 2 is 1.20 bits per heavy atom. The third-order valence-corrected chi connectivity index (χ3v) is 8.59. The fraction of sp³-hybridized carbons (Fsp3) is 0.389. The number of hydrogen-bond acceptors (Lipinski definition) is 4. The zero-order chi connectivity index (χ0) is 32.1. The van der Waals surface area contributed by atoms with E-state index in [0.29, 0.717) is 5.92 Å². The molecule has 1 unspecified atom stereocenters. The predicted molar refractivity (Wildman–Crippen MR) is 186 cm³/mol. The number of halogens is 2. The highest BCUT2D eigenvalue weighted by Gasteiger charge is 2.29. The van der Waals surface area contributed by atoms with Gasteiger partial charge in [-0.3, -0.25) is 0 Å². The number of fused-ring (bicyclic) bond motifs is 6. The number of hydrogen-bond donors (Lipinski definition) is 0. The van der Waals surface area contributed by atoms with Crippen LogP contribution in [0.5, 0.6) is 0 Å². The smallest absolute Gasteiger partial charge is 0.419 e. The molecule has 0 bridgehead atoms. The lowest BCUT2D eigenvalue weighted by Crippen LogP contribution is -2.28. The van der Waals surface area contributed by atoms with Gasteiger partial charge in [-0.05, 0) is 128 Å². The van der Waals surface area contributed by atoms with E-state index in [9.17, 15) is 9.59 Å². The predicted octanol–water partition coefficient (Wildman–Crippen LogP) is 11.0. The normalized spacial score (nSPS) is 15.2. The van der Waals surface area contributed by atoms with Gasteiger partial charge >= 0.3 is 12.2 Å². The van der Waals surface area contributed by atoms with Crippen LogP contribution in [0.2, 0.25) is 0 Å². The Kier molecular flexibility index (Phi) is 8.82. The maximum absolute atomic E-state index is 12.7. The first kappa shape index (κ1) is 32.3. The first-order valence-electron chi connectivity index (χ1n) is 15.0. The van der Waals surface area contributed by atoms with Crippen molar-refractivity contribution in [3.63, 3.8) is 0 Å². The number of aromatic nitrogens is 2. The molecule has 0 N–H and O–H groups in total. The molecule has 8 heteroatoms. The van der Waals surface area contributed by atoms with Gasteiger partial charge in [-0.2, -0.15) is 0 Å². The molecule has 5 aromatic rings. The fourth-order valence-corrected chi connectivity index (χ4v) is 6.56. The summed E-state index contributed by atoms with van der Waals surface area (Å²) in [5.74, 6) is 0.657. The number of benzene rings is 3. The lowest BCUT2D eigenvalue weighted by molar-refractivity contribution is 0.0532. The van der Waals surface area contributed by atoms with Crippen molar-refractivity contribution in [2.24, 2.45) is 5.92 Å². The Morgan fingerprint density at radius 3 is 1.77 bits per heavy atom. The van der Waals surface area contributed by atoms with E-state index in [-0.39, 0.29) is 12.2 Å². The number of rotatable bonds is 0. The van der Waals surface area contributed by atoms with Crippen molar-refractivity contribution in [1.29, 1.82) is 0 Å². The van der Waals surface area contributed by atoms with Crippen LogP contribution in [0.1, 0.15) is 71.7 Å². The molecule has 1 aliphatic carbocycles. The molecule has 232 valence electrons. The minimum absolute atomic E-state index is 0.268. The van der Waals surface area contributed by atoms with Gasteiger partial charge in [0.25, 0.3) is 0 Å². The average molecular weight is 725 g/mol. The van der Waals surface area contributed by atoms with Gasteiger partial charge in [-0.15, -0.1) is 0 Å². The topological polar surface area (TPSA) is 62.5 Å². The van der Waals surface area contributed by atoms with Crippen LogP contribution in [0.3, 0.4) is 0 Å². The van der Waals surface area contributed by atoms with Gasteiger partial charge < -0.3 is 9.47 Å². The second-order valence-corrected chi connectivity index (χ2v) is 15.6. The van der Waals surface area contributed by atoms with Crippen LogP contribution in [0.4, 0.5) is 9.59 Å². The molecule has 1 aliphatic rings. The second kappa shape index (κ2) is 12.0. The van der Waals surface area contributed by atoms with Crippen LogP contribution < -0.4 is 0 Å².